The first kappa shape index (κ1) is 12.4. The number of carbonyl (C=O) groups is 1. The highest BCUT2D eigenvalue weighted by Gasteiger charge is 2.23. The summed E-state index contributed by atoms with van der Waals surface area (Å²) in [4.78, 5) is 11.3. The fourth-order valence-electron chi connectivity index (χ4n) is 1.14. The van der Waals surface area contributed by atoms with Gasteiger partial charge in [0, 0.05) is 12.6 Å². The summed E-state index contributed by atoms with van der Waals surface area (Å²) >= 11 is 0. The van der Waals surface area contributed by atoms with Crippen molar-refractivity contribution in [1.82, 2.24) is 5.32 Å². The molecule has 0 saturated carbocycles. The zero-order valence-electron chi connectivity index (χ0n) is 9.09. The molecule has 3 nitrogen and oxygen atoms in total. The molecule has 3 heteroatoms. The number of nitrogens with one attached hydrogen (secondary N) is 1. The maximum atomic E-state index is 11.3. The molecule has 1 rings (SSSR count). The van der Waals surface area contributed by atoms with Crippen molar-refractivity contribution in [3.63, 3.8) is 0 Å². The lowest BCUT2D eigenvalue weighted by Crippen LogP contribution is -2.35. The molecule has 1 atom stereocenters. The topological polar surface area (TPSA) is 38.3 Å². The molecule has 1 saturated heterocycles. The van der Waals surface area contributed by atoms with E-state index in [4.69, 9.17) is 4.74 Å². The van der Waals surface area contributed by atoms with Crippen molar-refractivity contribution < 1.29 is 9.53 Å². The summed E-state index contributed by atoms with van der Waals surface area (Å²) in [6.45, 7) is 9.26. The van der Waals surface area contributed by atoms with Crippen LogP contribution in [0.2, 0.25) is 0 Å². The number of hydrogen-bond donors (Lipinski definition) is 1. The predicted octanol–water partition coefficient (Wildman–Crippen LogP) is 1.57. The molecule has 1 aliphatic rings. The van der Waals surface area contributed by atoms with Gasteiger partial charge in [-0.3, -0.25) is 4.79 Å². The van der Waals surface area contributed by atoms with Gasteiger partial charge in [-0.1, -0.05) is 13.8 Å². The van der Waals surface area contributed by atoms with Crippen LogP contribution in [0.1, 0.15) is 34.1 Å². The molecule has 0 radical (unpaired) electrons. The summed E-state index contributed by atoms with van der Waals surface area (Å²) < 4.78 is 5.10. The molecule has 1 amide bonds. The molecule has 13 heavy (non-hydrogen) atoms. The molecule has 0 aliphatic carbocycles. The molecule has 0 aromatic heterocycles. The Balaban J connectivity index is 0.000000671. The van der Waals surface area contributed by atoms with E-state index in [2.05, 4.69) is 5.32 Å². The van der Waals surface area contributed by atoms with Gasteiger partial charge in [0.05, 0.1) is 12.5 Å². The van der Waals surface area contributed by atoms with Gasteiger partial charge < -0.3 is 10.1 Å². The largest absolute Gasteiger partial charge is 0.381 e. The van der Waals surface area contributed by atoms with Crippen molar-refractivity contribution in [3.8, 4) is 0 Å². The van der Waals surface area contributed by atoms with Crippen LogP contribution in [0, 0.1) is 5.92 Å². The smallest absolute Gasteiger partial charge is 0.225 e. The Morgan fingerprint density at radius 3 is 2.46 bits per heavy atom. The van der Waals surface area contributed by atoms with Crippen LogP contribution in [0.4, 0.5) is 0 Å². The second-order valence-corrected chi connectivity index (χ2v) is 3.22. The third-order valence-corrected chi connectivity index (χ3v) is 1.73. The van der Waals surface area contributed by atoms with Gasteiger partial charge in [-0.05, 0) is 20.3 Å². The standard InChI is InChI=1S/C8H15NO2.C2H6/c1-6(2)9-8(10)7-3-4-11-5-7;1-2/h6-7H,3-5H2,1-2H3,(H,9,10);1-2H3. The van der Waals surface area contributed by atoms with E-state index < -0.39 is 0 Å². The van der Waals surface area contributed by atoms with E-state index in [0.717, 1.165) is 13.0 Å². The van der Waals surface area contributed by atoms with Gasteiger partial charge in [0.1, 0.15) is 0 Å². The summed E-state index contributed by atoms with van der Waals surface area (Å²) in [6, 6.07) is 0.239. The highest BCUT2D eigenvalue weighted by Crippen LogP contribution is 2.11. The van der Waals surface area contributed by atoms with Crippen LogP contribution in [-0.4, -0.2) is 25.2 Å². The molecule has 1 heterocycles. The van der Waals surface area contributed by atoms with E-state index in [0.29, 0.717) is 6.61 Å². The van der Waals surface area contributed by atoms with Crippen LogP contribution in [0.15, 0.2) is 0 Å². The highest BCUT2D eigenvalue weighted by atomic mass is 16.5. The van der Waals surface area contributed by atoms with Gasteiger partial charge in [-0.15, -0.1) is 0 Å². The summed E-state index contributed by atoms with van der Waals surface area (Å²) in [7, 11) is 0. The van der Waals surface area contributed by atoms with E-state index in [1.165, 1.54) is 0 Å². The Labute approximate surface area is 80.8 Å². The van der Waals surface area contributed by atoms with E-state index in [1.807, 2.05) is 27.7 Å². The normalized spacial score (nSPS) is 20.8. The van der Waals surface area contributed by atoms with Crippen molar-refractivity contribution in [3.05, 3.63) is 0 Å². The maximum absolute atomic E-state index is 11.3. The SMILES string of the molecule is CC.CC(C)NC(=O)C1CCOC1. The summed E-state index contributed by atoms with van der Waals surface area (Å²) in [6.07, 6.45) is 0.874. The van der Waals surface area contributed by atoms with E-state index in [1.54, 1.807) is 0 Å². The number of carbonyl (C=O) groups excluding carboxylic acids is 1. The summed E-state index contributed by atoms with van der Waals surface area (Å²) in [5.74, 6) is 0.231. The lowest BCUT2D eigenvalue weighted by atomic mass is 10.1. The minimum atomic E-state index is 0.0948. The minimum Gasteiger partial charge on any atom is -0.381 e. The van der Waals surface area contributed by atoms with Crippen LogP contribution < -0.4 is 5.32 Å². The van der Waals surface area contributed by atoms with Gasteiger partial charge in [0.2, 0.25) is 5.91 Å². The van der Waals surface area contributed by atoms with Crippen LogP contribution in [-0.2, 0) is 9.53 Å². The summed E-state index contributed by atoms with van der Waals surface area (Å²) in [5, 5.41) is 2.87. The maximum Gasteiger partial charge on any atom is 0.225 e. The average Bonchev–Trinajstić information content (AvgIpc) is 2.58. The molecule has 1 unspecified atom stereocenters. The van der Waals surface area contributed by atoms with Crippen molar-refractivity contribution in [2.45, 2.75) is 40.2 Å². The van der Waals surface area contributed by atoms with Crippen molar-refractivity contribution in [2.75, 3.05) is 13.2 Å². The molecule has 78 valence electrons. The Morgan fingerprint density at radius 1 is 1.46 bits per heavy atom. The molecule has 1 N–H and O–H groups in total. The molecule has 0 aromatic rings. The fraction of sp³-hybridized carbons (Fsp3) is 0.900. The first-order valence-corrected chi connectivity index (χ1v) is 5.08. The van der Waals surface area contributed by atoms with E-state index >= 15 is 0 Å². The monoisotopic (exact) mass is 187 g/mol. The zero-order valence-corrected chi connectivity index (χ0v) is 9.09. The first-order valence-electron chi connectivity index (χ1n) is 5.08. The quantitative estimate of drug-likeness (QED) is 0.712. The third kappa shape index (κ3) is 4.88. The van der Waals surface area contributed by atoms with E-state index in [-0.39, 0.29) is 17.9 Å². The van der Waals surface area contributed by atoms with Crippen LogP contribution >= 0.6 is 0 Å². The Morgan fingerprint density at radius 2 is 2.08 bits per heavy atom. The van der Waals surface area contributed by atoms with Gasteiger partial charge >= 0.3 is 0 Å². The summed E-state index contributed by atoms with van der Waals surface area (Å²) in [5.41, 5.74) is 0. The lowest BCUT2D eigenvalue weighted by molar-refractivity contribution is -0.125. The molecule has 1 aliphatic heterocycles. The second kappa shape index (κ2) is 6.89. The average molecular weight is 187 g/mol. The number of hydrogen-bond acceptors (Lipinski definition) is 2. The third-order valence-electron chi connectivity index (χ3n) is 1.73. The molecule has 0 spiro atoms. The lowest BCUT2D eigenvalue weighted by Gasteiger charge is -2.11. The molecular formula is C10H21NO2. The number of amides is 1. The highest BCUT2D eigenvalue weighted by molar-refractivity contribution is 5.79. The van der Waals surface area contributed by atoms with E-state index in [9.17, 15) is 4.79 Å². The van der Waals surface area contributed by atoms with Gasteiger partial charge in [0.25, 0.3) is 0 Å². The Hall–Kier alpha value is -0.570. The Bertz CT molecular complexity index is 140. The van der Waals surface area contributed by atoms with Crippen molar-refractivity contribution in [1.29, 1.82) is 0 Å². The number of ether oxygens (including phenoxy) is 1. The van der Waals surface area contributed by atoms with Crippen LogP contribution in [0.3, 0.4) is 0 Å². The van der Waals surface area contributed by atoms with Crippen molar-refractivity contribution >= 4 is 5.91 Å². The van der Waals surface area contributed by atoms with Gasteiger partial charge in [-0.2, -0.15) is 0 Å². The van der Waals surface area contributed by atoms with Gasteiger partial charge in [0.15, 0.2) is 0 Å². The van der Waals surface area contributed by atoms with Crippen LogP contribution in [0.25, 0.3) is 0 Å². The van der Waals surface area contributed by atoms with Crippen LogP contribution in [0.5, 0.6) is 0 Å². The van der Waals surface area contributed by atoms with Crippen molar-refractivity contribution in [2.24, 2.45) is 5.92 Å². The Kier molecular flexibility index (Phi) is 6.59. The second-order valence-electron chi connectivity index (χ2n) is 3.22. The molecular weight excluding hydrogens is 166 g/mol. The first-order chi connectivity index (χ1) is 6.20. The fourth-order valence-corrected chi connectivity index (χ4v) is 1.14. The molecule has 0 bridgehead atoms. The zero-order chi connectivity index (χ0) is 10.3. The predicted molar refractivity (Wildman–Crippen MR) is 53.6 cm³/mol. The molecule has 1 fully saturated rings. The van der Waals surface area contributed by atoms with Gasteiger partial charge in [-0.25, -0.2) is 0 Å². The minimum absolute atomic E-state index is 0.0948. The number of rotatable bonds is 2. The molecule has 0 aromatic carbocycles.